The highest BCUT2D eigenvalue weighted by Gasteiger charge is 2.24. The second kappa shape index (κ2) is 8.74. The van der Waals surface area contributed by atoms with Gasteiger partial charge in [0.1, 0.15) is 5.82 Å². The summed E-state index contributed by atoms with van der Waals surface area (Å²) in [5.41, 5.74) is 3.86. The minimum absolute atomic E-state index is 0.0371. The maximum absolute atomic E-state index is 12.9. The molecule has 0 spiro atoms. The van der Waals surface area contributed by atoms with Crippen molar-refractivity contribution in [1.82, 2.24) is 19.7 Å². The normalized spacial score (nSPS) is 13.9. The smallest absolute Gasteiger partial charge is 0.308 e. The molecule has 0 unspecified atom stereocenters. The molecule has 0 aliphatic heterocycles. The molecule has 4 rings (SSSR count). The van der Waals surface area contributed by atoms with Gasteiger partial charge in [-0.1, -0.05) is 53.7 Å². The third-order valence-electron chi connectivity index (χ3n) is 6.11. The van der Waals surface area contributed by atoms with Crippen molar-refractivity contribution in [2.45, 2.75) is 78.1 Å². The molecule has 0 atom stereocenters. The van der Waals surface area contributed by atoms with Crippen molar-refractivity contribution in [2.75, 3.05) is 10.6 Å². The van der Waals surface area contributed by atoms with Crippen molar-refractivity contribution in [3.63, 3.8) is 0 Å². The van der Waals surface area contributed by atoms with E-state index in [1.807, 2.05) is 51.1 Å². The number of aromatic nitrogens is 4. The minimum Gasteiger partial charge on any atom is -0.308 e. The zero-order valence-corrected chi connectivity index (χ0v) is 20.9. The first kappa shape index (κ1) is 23.7. The Hall–Kier alpha value is -3.42. The van der Waals surface area contributed by atoms with Crippen molar-refractivity contribution in [2.24, 2.45) is 0 Å². The van der Waals surface area contributed by atoms with Crippen LogP contribution in [0.2, 0.25) is 0 Å². The zero-order chi connectivity index (χ0) is 24.7. The van der Waals surface area contributed by atoms with Gasteiger partial charge < -0.3 is 5.32 Å². The SMILES string of the molecule is CC(C)(C)c1ccc(NC(=O)Nc2cc(C(C)(C)C)nn2-c2nc3c(c(=O)[nH]2)CCCC3)cc1. The van der Waals surface area contributed by atoms with Gasteiger partial charge in [-0.25, -0.2) is 9.78 Å². The quantitative estimate of drug-likeness (QED) is 0.505. The van der Waals surface area contributed by atoms with Crippen LogP contribution in [-0.2, 0) is 23.7 Å². The summed E-state index contributed by atoms with van der Waals surface area (Å²) in [6.07, 6.45) is 3.52. The number of carbonyl (C=O) groups excluding carboxylic acids is 1. The van der Waals surface area contributed by atoms with E-state index in [2.05, 4.69) is 41.5 Å². The number of nitrogens with zero attached hydrogens (tertiary/aromatic N) is 3. The average molecular weight is 463 g/mol. The number of anilines is 2. The summed E-state index contributed by atoms with van der Waals surface area (Å²) >= 11 is 0. The van der Waals surface area contributed by atoms with E-state index in [9.17, 15) is 9.59 Å². The molecule has 8 heteroatoms. The number of nitrogens with one attached hydrogen (secondary N) is 3. The van der Waals surface area contributed by atoms with Crippen LogP contribution in [0, 0.1) is 0 Å². The largest absolute Gasteiger partial charge is 0.324 e. The minimum atomic E-state index is -0.398. The fourth-order valence-electron chi connectivity index (χ4n) is 4.02. The van der Waals surface area contributed by atoms with E-state index >= 15 is 0 Å². The van der Waals surface area contributed by atoms with Gasteiger partial charge in [-0.3, -0.25) is 15.1 Å². The van der Waals surface area contributed by atoms with Gasteiger partial charge in [0.15, 0.2) is 0 Å². The molecule has 0 saturated heterocycles. The Bertz CT molecular complexity index is 1260. The van der Waals surface area contributed by atoms with Crippen molar-refractivity contribution >= 4 is 17.5 Å². The standard InChI is InChI=1S/C26H34N6O2/c1-25(2,3)16-11-13-17(14-12-16)27-24(34)29-21-15-20(26(4,5)6)31-32(21)23-28-19-10-8-7-9-18(19)22(33)30-23/h11-15H,7-10H2,1-6H3,(H2,27,29,34)(H,28,30,33). The van der Waals surface area contributed by atoms with Gasteiger partial charge >= 0.3 is 6.03 Å². The van der Waals surface area contributed by atoms with E-state index in [1.165, 1.54) is 10.2 Å². The molecule has 0 bridgehead atoms. The van der Waals surface area contributed by atoms with Crippen LogP contribution < -0.4 is 16.2 Å². The summed E-state index contributed by atoms with van der Waals surface area (Å²) in [5.74, 6) is 0.749. The topological polar surface area (TPSA) is 105 Å². The molecule has 2 aromatic heterocycles. The van der Waals surface area contributed by atoms with Crippen LogP contribution >= 0.6 is 0 Å². The lowest BCUT2D eigenvalue weighted by atomic mass is 9.87. The van der Waals surface area contributed by atoms with Crippen LogP contribution in [0.3, 0.4) is 0 Å². The van der Waals surface area contributed by atoms with Crippen LogP contribution in [-0.4, -0.2) is 25.8 Å². The van der Waals surface area contributed by atoms with Crippen LogP contribution in [0.4, 0.5) is 16.3 Å². The van der Waals surface area contributed by atoms with E-state index in [4.69, 9.17) is 4.98 Å². The number of benzene rings is 1. The molecule has 0 radical (unpaired) electrons. The lowest BCUT2D eigenvalue weighted by molar-refractivity contribution is 0.262. The van der Waals surface area contributed by atoms with Gasteiger partial charge in [0.2, 0.25) is 5.95 Å². The van der Waals surface area contributed by atoms with Crippen molar-refractivity contribution in [3.8, 4) is 5.95 Å². The number of aryl methyl sites for hydroxylation is 1. The molecule has 3 aromatic rings. The number of hydrogen-bond donors (Lipinski definition) is 3. The molecule has 1 aliphatic carbocycles. The fraction of sp³-hybridized carbons (Fsp3) is 0.462. The number of aromatic amines is 1. The first-order valence-electron chi connectivity index (χ1n) is 11.8. The Balaban J connectivity index is 1.63. The lowest BCUT2D eigenvalue weighted by Gasteiger charge is -2.19. The molecule has 2 amide bonds. The highest BCUT2D eigenvalue weighted by Crippen LogP contribution is 2.27. The summed E-state index contributed by atoms with van der Waals surface area (Å²) in [5, 5.41) is 10.4. The number of H-pyrrole nitrogens is 1. The van der Waals surface area contributed by atoms with E-state index in [0.29, 0.717) is 17.5 Å². The zero-order valence-electron chi connectivity index (χ0n) is 20.9. The van der Waals surface area contributed by atoms with E-state index in [0.717, 1.165) is 42.6 Å². The lowest BCUT2D eigenvalue weighted by Crippen LogP contribution is -2.26. The van der Waals surface area contributed by atoms with E-state index < -0.39 is 6.03 Å². The summed E-state index contributed by atoms with van der Waals surface area (Å²) in [4.78, 5) is 33.1. The first-order chi connectivity index (χ1) is 15.9. The maximum atomic E-state index is 12.9. The monoisotopic (exact) mass is 462 g/mol. The van der Waals surface area contributed by atoms with Crippen molar-refractivity contribution < 1.29 is 4.79 Å². The van der Waals surface area contributed by atoms with Gasteiger partial charge in [-0.15, -0.1) is 0 Å². The number of rotatable bonds is 3. The first-order valence-corrected chi connectivity index (χ1v) is 11.8. The number of amides is 2. The molecular weight excluding hydrogens is 428 g/mol. The van der Waals surface area contributed by atoms with Gasteiger partial charge in [0.05, 0.1) is 11.4 Å². The second-order valence-corrected chi connectivity index (χ2v) is 11.0. The Morgan fingerprint density at radius 1 is 0.971 bits per heavy atom. The van der Waals surface area contributed by atoms with Crippen molar-refractivity contribution in [3.05, 3.63) is 63.2 Å². The Labute approximate surface area is 200 Å². The number of fused-ring (bicyclic) bond motifs is 1. The Morgan fingerprint density at radius 3 is 2.29 bits per heavy atom. The van der Waals surface area contributed by atoms with Gasteiger partial charge in [-0.05, 0) is 48.8 Å². The molecule has 1 aromatic carbocycles. The van der Waals surface area contributed by atoms with E-state index in [-0.39, 0.29) is 16.4 Å². The molecule has 180 valence electrons. The van der Waals surface area contributed by atoms with Crippen LogP contribution in [0.1, 0.15) is 76.9 Å². The number of carbonyl (C=O) groups is 1. The highest BCUT2D eigenvalue weighted by molar-refractivity contribution is 5.99. The van der Waals surface area contributed by atoms with Crippen LogP contribution in [0.5, 0.6) is 0 Å². The van der Waals surface area contributed by atoms with E-state index in [1.54, 1.807) is 0 Å². The molecule has 3 N–H and O–H groups in total. The average Bonchev–Trinajstić information content (AvgIpc) is 3.17. The molecule has 8 nitrogen and oxygen atoms in total. The van der Waals surface area contributed by atoms with Crippen LogP contribution in [0.15, 0.2) is 35.1 Å². The second-order valence-electron chi connectivity index (χ2n) is 11.0. The third-order valence-corrected chi connectivity index (χ3v) is 6.11. The van der Waals surface area contributed by atoms with Crippen molar-refractivity contribution in [1.29, 1.82) is 0 Å². The Morgan fingerprint density at radius 2 is 1.65 bits per heavy atom. The predicted octanol–water partition coefficient (Wildman–Crippen LogP) is 5.07. The summed E-state index contributed by atoms with van der Waals surface area (Å²) in [6, 6.07) is 9.23. The number of urea groups is 1. The van der Waals surface area contributed by atoms with Gasteiger partial charge in [0.25, 0.3) is 5.56 Å². The maximum Gasteiger partial charge on any atom is 0.324 e. The molecule has 0 fully saturated rings. The third kappa shape index (κ3) is 5.05. The molecule has 0 saturated carbocycles. The molecular formula is C26H34N6O2. The number of hydrogen-bond acceptors (Lipinski definition) is 4. The van der Waals surface area contributed by atoms with Crippen LogP contribution in [0.25, 0.3) is 5.95 Å². The highest BCUT2D eigenvalue weighted by atomic mass is 16.2. The van der Waals surface area contributed by atoms with Gasteiger partial charge in [-0.2, -0.15) is 9.78 Å². The summed E-state index contributed by atoms with van der Waals surface area (Å²) < 4.78 is 1.51. The van der Waals surface area contributed by atoms with Gasteiger partial charge in [0, 0.05) is 22.7 Å². The fourth-order valence-corrected chi connectivity index (χ4v) is 4.02. The molecule has 2 heterocycles. The Kier molecular flexibility index (Phi) is 6.10. The predicted molar refractivity (Wildman–Crippen MR) is 135 cm³/mol. The molecule has 1 aliphatic rings. The summed E-state index contributed by atoms with van der Waals surface area (Å²) in [6.45, 7) is 12.6. The summed E-state index contributed by atoms with van der Waals surface area (Å²) in [7, 11) is 0. The molecule has 34 heavy (non-hydrogen) atoms.